The Morgan fingerprint density at radius 2 is 1.74 bits per heavy atom. The zero-order valence-electron chi connectivity index (χ0n) is 13.9. The summed E-state index contributed by atoms with van der Waals surface area (Å²) in [6.45, 7) is 6.69. The van der Waals surface area contributed by atoms with Crippen molar-refractivity contribution in [3.63, 3.8) is 0 Å². The summed E-state index contributed by atoms with van der Waals surface area (Å²) in [6, 6.07) is 5.60. The molecule has 7 nitrogen and oxygen atoms in total. The Kier molecular flexibility index (Phi) is 6.12. The van der Waals surface area contributed by atoms with Crippen LogP contribution in [0.4, 0.5) is 10.5 Å². The van der Waals surface area contributed by atoms with Gasteiger partial charge in [0, 0.05) is 0 Å². The Hall–Kier alpha value is -2.57. The summed E-state index contributed by atoms with van der Waals surface area (Å²) < 4.78 is 9.74. The summed E-state index contributed by atoms with van der Waals surface area (Å²) in [5.41, 5.74) is -0.118. The maximum absolute atomic E-state index is 12.1. The van der Waals surface area contributed by atoms with Crippen molar-refractivity contribution in [2.75, 3.05) is 12.4 Å². The molecule has 0 aliphatic rings. The number of ether oxygens (including phenoxy) is 2. The van der Waals surface area contributed by atoms with Gasteiger partial charge in [0.05, 0.1) is 18.4 Å². The Morgan fingerprint density at radius 1 is 1.13 bits per heavy atom. The number of carbonyl (C=O) groups is 3. The average Bonchev–Trinajstić information content (AvgIpc) is 2.44. The largest absolute Gasteiger partial charge is 0.465 e. The molecule has 1 atom stereocenters. The molecule has 0 saturated carbocycles. The maximum atomic E-state index is 12.1. The molecule has 2 N–H and O–H groups in total. The Morgan fingerprint density at radius 3 is 2.30 bits per heavy atom. The number of hydrogen-bond acceptors (Lipinski definition) is 5. The summed E-state index contributed by atoms with van der Waals surface area (Å²) in [5, 5.41) is 5.01. The fourth-order valence-corrected chi connectivity index (χ4v) is 1.67. The second-order valence-electron chi connectivity index (χ2n) is 5.89. The normalized spacial score (nSPS) is 12.0. The molecule has 0 aliphatic carbocycles. The highest BCUT2D eigenvalue weighted by atomic mass is 16.6. The lowest BCUT2D eigenvalue weighted by molar-refractivity contribution is -0.117. The number of amides is 2. The minimum absolute atomic E-state index is 0.229. The Labute approximate surface area is 135 Å². The minimum atomic E-state index is -0.837. The first-order chi connectivity index (χ1) is 10.6. The van der Waals surface area contributed by atoms with Crippen molar-refractivity contribution in [2.45, 2.75) is 39.3 Å². The quantitative estimate of drug-likeness (QED) is 0.830. The summed E-state index contributed by atoms with van der Waals surface area (Å²) >= 11 is 0. The lowest BCUT2D eigenvalue weighted by Gasteiger charge is -2.21. The number of alkyl carbamates (subject to hydrolysis) is 1. The van der Waals surface area contributed by atoms with Crippen LogP contribution in [0.1, 0.15) is 38.1 Å². The molecule has 0 aromatic heterocycles. The van der Waals surface area contributed by atoms with E-state index in [9.17, 15) is 14.4 Å². The molecule has 1 rings (SSSR count). The van der Waals surface area contributed by atoms with Crippen LogP contribution in [0.25, 0.3) is 0 Å². The van der Waals surface area contributed by atoms with E-state index >= 15 is 0 Å². The first-order valence-electron chi connectivity index (χ1n) is 7.12. The molecule has 1 aromatic rings. The second-order valence-corrected chi connectivity index (χ2v) is 5.89. The first kappa shape index (κ1) is 18.5. The van der Waals surface area contributed by atoms with E-state index in [0.717, 1.165) is 0 Å². The van der Waals surface area contributed by atoms with Gasteiger partial charge in [0.1, 0.15) is 11.6 Å². The van der Waals surface area contributed by atoms with Gasteiger partial charge in [0.2, 0.25) is 5.91 Å². The van der Waals surface area contributed by atoms with Gasteiger partial charge in [-0.3, -0.25) is 4.79 Å². The number of anilines is 1. The van der Waals surface area contributed by atoms with Crippen LogP contribution >= 0.6 is 0 Å². The van der Waals surface area contributed by atoms with E-state index in [2.05, 4.69) is 15.4 Å². The lowest BCUT2D eigenvalue weighted by Crippen LogP contribution is -2.44. The van der Waals surface area contributed by atoms with E-state index in [1.54, 1.807) is 39.0 Å². The predicted molar refractivity (Wildman–Crippen MR) is 85.2 cm³/mol. The molecule has 1 aromatic carbocycles. The average molecular weight is 322 g/mol. The SMILES string of the molecule is COC(=O)c1ccccc1NC(=O)C(C)NC(=O)OC(C)(C)C. The van der Waals surface area contributed by atoms with Gasteiger partial charge in [-0.05, 0) is 39.8 Å². The molecule has 1 unspecified atom stereocenters. The summed E-state index contributed by atoms with van der Waals surface area (Å²) in [7, 11) is 1.26. The lowest BCUT2D eigenvalue weighted by atomic mass is 10.1. The van der Waals surface area contributed by atoms with Crippen molar-refractivity contribution in [1.29, 1.82) is 0 Å². The molecule has 0 heterocycles. The first-order valence-corrected chi connectivity index (χ1v) is 7.12. The van der Waals surface area contributed by atoms with Crippen molar-refractivity contribution in [2.24, 2.45) is 0 Å². The van der Waals surface area contributed by atoms with Crippen molar-refractivity contribution in [3.8, 4) is 0 Å². The number of hydrogen-bond donors (Lipinski definition) is 2. The topological polar surface area (TPSA) is 93.7 Å². The minimum Gasteiger partial charge on any atom is -0.465 e. The zero-order valence-corrected chi connectivity index (χ0v) is 13.9. The van der Waals surface area contributed by atoms with E-state index in [-0.39, 0.29) is 5.56 Å². The van der Waals surface area contributed by atoms with Crippen molar-refractivity contribution in [1.82, 2.24) is 5.32 Å². The third-order valence-corrected chi connectivity index (χ3v) is 2.72. The molecule has 0 fully saturated rings. The van der Waals surface area contributed by atoms with Crippen LogP contribution in [-0.4, -0.2) is 36.7 Å². The smallest absolute Gasteiger partial charge is 0.408 e. The van der Waals surface area contributed by atoms with Crippen molar-refractivity contribution < 1.29 is 23.9 Å². The molecular weight excluding hydrogens is 300 g/mol. The number of rotatable bonds is 4. The Balaban J connectivity index is 2.73. The standard InChI is InChI=1S/C16H22N2O5/c1-10(17-15(21)23-16(2,3)4)13(19)18-12-9-7-6-8-11(12)14(20)22-5/h6-10H,1-5H3,(H,17,21)(H,18,19). The van der Waals surface area contributed by atoms with Gasteiger partial charge in [-0.2, -0.15) is 0 Å². The summed E-state index contributed by atoms with van der Waals surface area (Å²) in [5.74, 6) is -1.04. The molecule has 0 aliphatic heterocycles. The van der Waals surface area contributed by atoms with Crippen LogP contribution in [0, 0.1) is 0 Å². The van der Waals surface area contributed by atoms with Crippen LogP contribution in [0.5, 0.6) is 0 Å². The van der Waals surface area contributed by atoms with E-state index in [1.165, 1.54) is 20.1 Å². The van der Waals surface area contributed by atoms with Gasteiger partial charge in [0.25, 0.3) is 0 Å². The third kappa shape index (κ3) is 5.98. The van der Waals surface area contributed by atoms with Gasteiger partial charge in [-0.1, -0.05) is 12.1 Å². The second kappa shape index (κ2) is 7.62. The molecule has 7 heteroatoms. The molecule has 23 heavy (non-hydrogen) atoms. The monoisotopic (exact) mass is 322 g/mol. The van der Waals surface area contributed by atoms with Crippen molar-refractivity contribution in [3.05, 3.63) is 29.8 Å². The predicted octanol–water partition coefficient (Wildman–Crippen LogP) is 2.32. The summed E-state index contributed by atoms with van der Waals surface area (Å²) in [6.07, 6.45) is -0.693. The van der Waals surface area contributed by atoms with Crippen molar-refractivity contribution >= 4 is 23.7 Å². The highest BCUT2D eigenvalue weighted by Crippen LogP contribution is 2.16. The van der Waals surface area contributed by atoms with Gasteiger partial charge in [0.15, 0.2) is 0 Å². The van der Waals surface area contributed by atoms with Gasteiger partial charge >= 0.3 is 12.1 Å². The molecule has 2 amide bonds. The fourth-order valence-electron chi connectivity index (χ4n) is 1.67. The van der Waals surface area contributed by atoms with Gasteiger partial charge < -0.3 is 20.1 Å². The number of nitrogens with one attached hydrogen (secondary N) is 2. The van der Waals surface area contributed by atoms with E-state index in [1.807, 2.05) is 0 Å². The van der Waals surface area contributed by atoms with Gasteiger partial charge in [-0.25, -0.2) is 9.59 Å². The number of carbonyl (C=O) groups excluding carboxylic acids is 3. The third-order valence-electron chi connectivity index (χ3n) is 2.72. The highest BCUT2D eigenvalue weighted by Gasteiger charge is 2.22. The maximum Gasteiger partial charge on any atom is 0.408 e. The molecule has 126 valence electrons. The molecule has 0 saturated heterocycles. The van der Waals surface area contributed by atoms with Crippen LogP contribution in [0.3, 0.4) is 0 Å². The molecular formula is C16H22N2O5. The van der Waals surface area contributed by atoms with Crippen LogP contribution < -0.4 is 10.6 Å². The fraction of sp³-hybridized carbons (Fsp3) is 0.438. The summed E-state index contributed by atoms with van der Waals surface area (Å²) in [4.78, 5) is 35.5. The van der Waals surface area contributed by atoms with Crippen LogP contribution in [-0.2, 0) is 14.3 Å². The highest BCUT2D eigenvalue weighted by molar-refractivity contribution is 6.03. The number of methoxy groups -OCH3 is 1. The number of para-hydroxylation sites is 1. The van der Waals surface area contributed by atoms with E-state index in [4.69, 9.17) is 4.74 Å². The van der Waals surface area contributed by atoms with E-state index < -0.39 is 29.6 Å². The molecule has 0 spiro atoms. The number of esters is 1. The Bertz CT molecular complexity index is 592. The van der Waals surface area contributed by atoms with E-state index in [0.29, 0.717) is 5.69 Å². The van der Waals surface area contributed by atoms with Crippen LogP contribution in [0.2, 0.25) is 0 Å². The zero-order chi connectivity index (χ0) is 17.6. The van der Waals surface area contributed by atoms with Crippen LogP contribution in [0.15, 0.2) is 24.3 Å². The molecule has 0 bridgehead atoms. The van der Waals surface area contributed by atoms with Gasteiger partial charge in [-0.15, -0.1) is 0 Å². The number of benzene rings is 1. The molecule has 0 radical (unpaired) electrons.